The highest BCUT2D eigenvalue weighted by molar-refractivity contribution is 5.54. The Labute approximate surface area is 175 Å². The Morgan fingerprint density at radius 2 is 2.03 bits per heavy atom. The summed E-state index contributed by atoms with van der Waals surface area (Å²) in [5, 5.41) is 3.74. The van der Waals surface area contributed by atoms with Crippen LogP contribution < -0.4 is 14.8 Å². The van der Waals surface area contributed by atoms with Gasteiger partial charge in [0.05, 0.1) is 13.7 Å². The molecular formula is C25H34N2O2. The first-order valence-corrected chi connectivity index (χ1v) is 10.8. The van der Waals surface area contributed by atoms with E-state index in [0.717, 1.165) is 37.7 Å². The van der Waals surface area contributed by atoms with Crippen LogP contribution in [0.4, 0.5) is 0 Å². The van der Waals surface area contributed by atoms with E-state index in [2.05, 4.69) is 74.3 Å². The van der Waals surface area contributed by atoms with Crippen molar-refractivity contribution in [2.45, 2.75) is 51.6 Å². The van der Waals surface area contributed by atoms with Crippen molar-refractivity contribution in [1.82, 2.24) is 10.2 Å². The zero-order valence-corrected chi connectivity index (χ0v) is 18.4. The van der Waals surface area contributed by atoms with Gasteiger partial charge in [-0.15, -0.1) is 0 Å². The molecule has 0 bridgehead atoms. The second kappa shape index (κ2) is 8.00. The van der Waals surface area contributed by atoms with E-state index in [4.69, 9.17) is 9.47 Å². The van der Waals surface area contributed by atoms with Gasteiger partial charge in [-0.25, -0.2) is 0 Å². The Kier molecular flexibility index (Phi) is 5.58. The fraction of sp³-hybridized carbons (Fsp3) is 0.520. The van der Waals surface area contributed by atoms with Crippen LogP contribution in [0.1, 0.15) is 61.9 Å². The van der Waals surface area contributed by atoms with Crippen molar-refractivity contribution < 1.29 is 9.47 Å². The molecule has 2 aliphatic rings. The van der Waals surface area contributed by atoms with E-state index in [1.54, 1.807) is 7.11 Å². The highest BCUT2D eigenvalue weighted by atomic mass is 16.5. The standard InChI is InChI=1S/C25H34N2O2/c1-17(2)19-8-6-7-9-20(19)22-15-27(11-10-26-22)14-18-12-21-24(23(13-18)28-5)29-16-25(21,3)4/h6-9,12-13,17,22,26H,10-11,14-16H2,1-5H3. The lowest BCUT2D eigenvalue weighted by Crippen LogP contribution is -2.45. The number of methoxy groups -OCH3 is 1. The predicted octanol–water partition coefficient (Wildman–Crippen LogP) is 4.64. The van der Waals surface area contributed by atoms with Gasteiger partial charge in [0.2, 0.25) is 0 Å². The van der Waals surface area contributed by atoms with Gasteiger partial charge in [0, 0.05) is 43.2 Å². The molecule has 0 amide bonds. The number of nitrogens with zero attached hydrogens (tertiary/aromatic N) is 1. The molecule has 2 aromatic rings. The maximum Gasteiger partial charge on any atom is 0.165 e. The third-order valence-electron chi connectivity index (χ3n) is 6.30. The monoisotopic (exact) mass is 394 g/mol. The minimum atomic E-state index is 0.0286. The lowest BCUT2D eigenvalue weighted by molar-refractivity contribution is 0.192. The molecule has 0 radical (unpaired) electrons. The van der Waals surface area contributed by atoms with Gasteiger partial charge in [-0.3, -0.25) is 4.90 Å². The highest BCUT2D eigenvalue weighted by Gasteiger charge is 2.35. The number of hydrogen-bond acceptors (Lipinski definition) is 4. The van der Waals surface area contributed by atoms with E-state index >= 15 is 0 Å². The minimum absolute atomic E-state index is 0.0286. The van der Waals surface area contributed by atoms with Gasteiger partial charge in [-0.2, -0.15) is 0 Å². The number of benzene rings is 2. The van der Waals surface area contributed by atoms with Gasteiger partial charge < -0.3 is 14.8 Å². The summed E-state index contributed by atoms with van der Waals surface area (Å²) in [4.78, 5) is 2.56. The molecule has 0 spiro atoms. The topological polar surface area (TPSA) is 33.7 Å². The smallest absolute Gasteiger partial charge is 0.165 e. The van der Waals surface area contributed by atoms with Gasteiger partial charge >= 0.3 is 0 Å². The summed E-state index contributed by atoms with van der Waals surface area (Å²) >= 11 is 0. The first-order valence-electron chi connectivity index (χ1n) is 10.8. The molecule has 156 valence electrons. The van der Waals surface area contributed by atoms with Crippen LogP contribution in [0.25, 0.3) is 0 Å². The SMILES string of the molecule is COc1cc(CN2CCNC(c3ccccc3C(C)C)C2)cc2c1OCC2(C)C. The molecule has 2 heterocycles. The normalized spacial score (nSPS) is 21.1. The van der Waals surface area contributed by atoms with Gasteiger partial charge in [0.25, 0.3) is 0 Å². The maximum absolute atomic E-state index is 5.94. The number of hydrogen-bond donors (Lipinski definition) is 1. The summed E-state index contributed by atoms with van der Waals surface area (Å²) in [6, 6.07) is 13.7. The average molecular weight is 395 g/mol. The third-order valence-corrected chi connectivity index (χ3v) is 6.30. The lowest BCUT2D eigenvalue weighted by atomic mass is 9.86. The van der Waals surface area contributed by atoms with Crippen molar-refractivity contribution in [2.24, 2.45) is 0 Å². The Balaban J connectivity index is 1.55. The Hall–Kier alpha value is -2.04. The molecule has 29 heavy (non-hydrogen) atoms. The molecule has 1 atom stereocenters. The van der Waals surface area contributed by atoms with Gasteiger partial charge in [-0.05, 0) is 34.7 Å². The minimum Gasteiger partial charge on any atom is -0.493 e. The van der Waals surface area contributed by atoms with E-state index in [0.29, 0.717) is 18.6 Å². The lowest BCUT2D eigenvalue weighted by Gasteiger charge is -2.35. The van der Waals surface area contributed by atoms with Gasteiger partial charge in [0.1, 0.15) is 0 Å². The first-order chi connectivity index (χ1) is 13.9. The Morgan fingerprint density at radius 3 is 2.79 bits per heavy atom. The largest absolute Gasteiger partial charge is 0.493 e. The Bertz CT molecular complexity index is 875. The molecule has 1 fully saturated rings. The molecule has 2 aliphatic heterocycles. The molecule has 0 aliphatic carbocycles. The number of piperazine rings is 1. The van der Waals surface area contributed by atoms with E-state index in [9.17, 15) is 0 Å². The summed E-state index contributed by atoms with van der Waals surface area (Å²) in [6.07, 6.45) is 0. The second-order valence-corrected chi connectivity index (χ2v) is 9.37. The van der Waals surface area contributed by atoms with E-state index < -0.39 is 0 Å². The maximum atomic E-state index is 5.94. The van der Waals surface area contributed by atoms with Crippen LogP contribution in [0.2, 0.25) is 0 Å². The van der Waals surface area contributed by atoms with Crippen LogP contribution in [0.15, 0.2) is 36.4 Å². The Morgan fingerprint density at radius 1 is 1.24 bits per heavy atom. The van der Waals surface area contributed by atoms with Crippen molar-refractivity contribution in [3.05, 3.63) is 58.7 Å². The van der Waals surface area contributed by atoms with Crippen LogP contribution in [-0.2, 0) is 12.0 Å². The number of ether oxygens (including phenoxy) is 2. The first kappa shape index (κ1) is 20.2. The number of fused-ring (bicyclic) bond motifs is 1. The summed E-state index contributed by atoms with van der Waals surface area (Å²) in [7, 11) is 1.73. The molecule has 0 saturated carbocycles. The van der Waals surface area contributed by atoms with E-state index in [1.165, 1.54) is 22.3 Å². The van der Waals surface area contributed by atoms with Crippen LogP contribution in [0.5, 0.6) is 11.5 Å². The quantitative estimate of drug-likeness (QED) is 0.801. The summed E-state index contributed by atoms with van der Waals surface area (Å²) in [5.41, 5.74) is 5.49. The van der Waals surface area contributed by atoms with Crippen molar-refractivity contribution in [1.29, 1.82) is 0 Å². The average Bonchev–Trinajstić information content (AvgIpc) is 3.02. The van der Waals surface area contributed by atoms with Crippen LogP contribution in [0, 0.1) is 0 Å². The molecule has 4 nitrogen and oxygen atoms in total. The molecule has 4 heteroatoms. The molecule has 1 unspecified atom stereocenters. The zero-order valence-electron chi connectivity index (χ0n) is 18.4. The number of rotatable bonds is 5. The molecule has 1 N–H and O–H groups in total. The van der Waals surface area contributed by atoms with Crippen molar-refractivity contribution >= 4 is 0 Å². The van der Waals surface area contributed by atoms with Crippen LogP contribution in [0.3, 0.4) is 0 Å². The third kappa shape index (κ3) is 4.01. The summed E-state index contributed by atoms with van der Waals surface area (Å²) in [5.74, 6) is 2.32. The van der Waals surface area contributed by atoms with Crippen LogP contribution in [-0.4, -0.2) is 38.3 Å². The fourth-order valence-corrected chi connectivity index (χ4v) is 4.66. The highest BCUT2D eigenvalue weighted by Crippen LogP contribution is 2.45. The summed E-state index contributed by atoms with van der Waals surface area (Å²) < 4.78 is 11.6. The number of nitrogens with one attached hydrogen (secondary N) is 1. The van der Waals surface area contributed by atoms with Gasteiger partial charge in [-0.1, -0.05) is 52.0 Å². The molecular weight excluding hydrogens is 360 g/mol. The van der Waals surface area contributed by atoms with E-state index in [-0.39, 0.29) is 5.41 Å². The molecule has 2 aromatic carbocycles. The zero-order chi connectivity index (χ0) is 20.6. The fourth-order valence-electron chi connectivity index (χ4n) is 4.66. The van der Waals surface area contributed by atoms with Crippen molar-refractivity contribution in [3.8, 4) is 11.5 Å². The van der Waals surface area contributed by atoms with Gasteiger partial charge in [0.15, 0.2) is 11.5 Å². The molecule has 4 rings (SSSR count). The van der Waals surface area contributed by atoms with Crippen molar-refractivity contribution in [3.63, 3.8) is 0 Å². The molecule has 1 saturated heterocycles. The predicted molar refractivity (Wildman–Crippen MR) is 118 cm³/mol. The molecule has 0 aromatic heterocycles. The van der Waals surface area contributed by atoms with Crippen LogP contribution >= 0.6 is 0 Å². The van der Waals surface area contributed by atoms with E-state index in [1.807, 2.05) is 0 Å². The van der Waals surface area contributed by atoms with Crippen molar-refractivity contribution in [2.75, 3.05) is 33.4 Å². The summed E-state index contributed by atoms with van der Waals surface area (Å²) in [6.45, 7) is 13.8. The second-order valence-electron chi connectivity index (χ2n) is 9.37.